The number of halogens is 1. The molecule has 1 aliphatic rings. The molecule has 3 heterocycles. The molecule has 0 saturated carbocycles. The normalized spacial score (nSPS) is 14.3. The van der Waals surface area contributed by atoms with Gasteiger partial charge in [0.2, 0.25) is 5.82 Å². The number of nitrogens with zero attached hydrogens (tertiary/aromatic N) is 3. The minimum absolute atomic E-state index is 0.154. The van der Waals surface area contributed by atoms with Crippen LogP contribution in [0.25, 0.3) is 5.52 Å². The van der Waals surface area contributed by atoms with Crippen molar-refractivity contribution in [1.82, 2.24) is 14.3 Å². The SMILES string of the molecule is Cc1cc(Cl)ccc1NC(=O)c1nc(C(=O)N2CCOCC2)c2ccccn12. The molecule has 0 unspecified atom stereocenters. The van der Waals surface area contributed by atoms with Crippen LogP contribution in [0.5, 0.6) is 0 Å². The Hall–Kier alpha value is -2.90. The largest absolute Gasteiger partial charge is 0.378 e. The van der Waals surface area contributed by atoms with Gasteiger partial charge in [0.15, 0.2) is 5.69 Å². The van der Waals surface area contributed by atoms with Crippen LogP contribution >= 0.6 is 11.6 Å². The first-order valence-electron chi connectivity index (χ1n) is 8.96. The first-order valence-corrected chi connectivity index (χ1v) is 9.34. The summed E-state index contributed by atoms with van der Waals surface area (Å²) in [5.74, 6) is -0.442. The van der Waals surface area contributed by atoms with Gasteiger partial charge < -0.3 is 15.0 Å². The van der Waals surface area contributed by atoms with Crippen LogP contribution in [0.3, 0.4) is 0 Å². The summed E-state index contributed by atoms with van der Waals surface area (Å²) in [6, 6.07) is 10.6. The van der Waals surface area contributed by atoms with Gasteiger partial charge >= 0.3 is 0 Å². The van der Waals surface area contributed by atoms with E-state index in [1.807, 2.05) is 13.0 Å². The summed E-state index contributed by atoms with van der Waals surface area (Å²) >= 11 is 5.98. The Balaban J connectivity index is 1.69. The second-order valence-corrected chi connectivity index (χ2v) is 6.99. The summed E-state index contributed by atoms with van der Waals surface area (Å²) < 4.78 is 6.94. The fourth-order valence-corrected chi connectivity index (χ4v) is 3.44. The monoisotopic (exact) mass is 398 g/mol. The molecule has 0 atom stereocenters. The molecule has 1 aliphatic heterocycles. The molecule has 144 valence electrons. The number of pyridine rings is 1. The average Bonchev–Trinajstić information content (AvgIpc) is 3.10. The Labute approximate surface area is 166 Å². The van der Waals surface area contributed by atoms with Gasteiger partial charge in [-0.2, -0.15) is 0 Å². The van der Waals surface area contributed by atoms with E-state index in [4.69, 9.17) is 16.3 Å². The molecular weight excluding hydrogens is 380 g/mol. The summed E-state index contributed by atoms with van der Waals surface area (Å²) in [5, 5.41) is 3.45. The topological polar surface area (TPSA) is 75.9 Å². The molecular formula is C20H19ClN4O3. The van der Waals surface area contributed by atoms with Gasteiger partial charge in [0.1, 0.15) is 0 Å². The minimum atomic E-state index is -0.396. The average molecular weight is 399 g/mol. The zero-order valence-corrected chi connectivity index (χ0v) is 16.1. The molecule has 0 bridgehead atoms. The van der Waals surface area contributed by atoms with Crippen molar-refractivity contribution < 1.29 is 14.3 Å². The number of imidazole rings is 1. The number of aryl methyl sites for hydroxylation is 1. The van der Waals surface area contributed by atoms with Crippen LogP contribution in [0.4, 0.5) is 5.69 Å². The molecule has 4 rings (SSSR count). The number of carbonyl (C=O) groups excluding carboxylic acids is 2. The minimum Gasteiger partial charge on any atom is -0.378 e. The number of fused-ring (bicyclic) bond motifs is 1. The zero-order valence-electron chi connectivity index (χ0n) is 15.3. The van der Waals surface area contributed by atoms with Crippen molar-refractivity contribution in [2.75, 3.05) is 31.6 Å². The highest BCUT2D eigenvalue weighted by Gasteiger charge is 2.26. The maximum absolute atomic E-state index is 12.9. The number of aromatic nitrogens is 2. The number of carbonyl (C=O) groups is 2. The van der Waals surface area contributed by atoms with E-state index in [9.17, 15) is 9.59 Å². The van der Waals surface area contributed by atoms with E-state index >= 15 is 0 Å². The zero-order chi connectivity index (χ0) is 19.7. The van der Waals surface area contributed by atoms with Crippen molar-refractivity contribution >= 4 is 34.6 Å². The van der Waals surface area contributed by atoms with Gasteiger partial charge in [-0.25, -0.2) is 4.98 Å². The van der Waals surface area contributed by atoms with E-state index in [0.717, 1.165) is 5.56 Å². The van der Waals surface area contributed by atoms with Crippen molar-refractivity contribution in [1.29, 1.82) is 0 Å². The third-order valence-electron chi connectivity index (χ3n) is 4.69. The molecule has 2 amide bonds. The third kappa shape index (κ3) is 3.46. The molecule has 1 aromatic carbocycles. The van der Waals surface area contributed by atoms with Gasteiger partial charge in [-0.3, -0.25) is 14.0 Å². The van der Waals surface area contributed by atoms with Gasteiger partial charge in [-0.1, -0.05) is 17.7 Å². The number of amides is 2. The van der Waals surface area contributed by atoms with Gasteiger partial charge in [-0.05, 0) is 42.8 Å². The molecule has 1 saturated heterocycles. The van der Waals surface area contributed by atoms with Crippen LogP contribution in [-0.4, -0.2) is 52.4 Å². The molecule has 7 nitrogen and oxygen atoms in total. The van der Waals surface area contributed by atoms with E-state index in [-0.39, 0.29) is 17.4 Å². The molecule has 2 aromatic heterocycles. The van der Waals surface area contributed by atoms with Crippen LogP contribution < -0.4 is 5.32 Å². The highest BCUT2D eigenvalue weighted by molar-refractivity contribution is 6.30. The number of ether oxygens (including phenoxy) is 1. The van der Waals surface area contributed by atoms with Crippen LogP contribution in [0.15, 0.2) is 42.6 Å². The maximum atomic E-state index is 12.9. The fourth-order valence-electron chi connectivity index (χ4n) is 3.22. The van der Waals surface area contributed by atoms with Crippen molar-refractivity contribution in [2.24, 2.45) is 0 Å². The molecule has 0 aliphatic carbocycles. The van der Waals surface area contributed by atoms with Crippen LogP contribution in [-0.2, 0) is 4.74 Å². The molecule has 1 N–H and O–H groups in total. The number of nitrogens with one attached hydrogen (secondary N) is 1. The Morgan fingerprint density at radius 3 is 2.71 bits per heavy atom. The smallest absolute Gasteiger partial charge is 0.292 e. The Bertz CT molecular complexity index is 1060. The number of rotatable bonds is 3. The van der Waals surface area contributed by atoms with Crippen LogP contribution in [0, 0.1) is 6.92 Å². The van der Waals surface area contributed by atoms with Gasteiger partial charge in [0, 0.05) is 30.0 Å². The van der Waals surface area contributed by atoms with Gasteiger partial charge in [0.05, 0.1) is 18.7 Å². The lowest BCUT2D eigenvalue weighted by atomic mass is 10.2. The van der Waals surface area contributed by atoms with Gasteiger partial charge in [0.25, 0.3) is 11.8 Å². The Morgan fingerprint density at radius 2 is 1.96 bits per heavy atom. The van der Waals surface area contributed by atoms with E-state index in [2.05, 4.69) is 10.3 Å². The quantitative estimate of drug-likeness (QED) is 0.735. The number of hydrogen-bond donors (Lipinski definition) is 1. The number of benzene rings is 1. The van der Waals surface area contributed by atoms with E-state index in [1.54, 1.807) is 45.8 Å². The Kier molecular flexibility index (Phi) is 5.02. The van der Waals surface area contributed by atoms with Gasteiger partial charge in [-0.15, -0.1) is 0 Å². The van der Waals surface area contributed by atoms with Crippen molar-refractivity contribution in [2.45, 2.75) is 6.92 Å². The fraction of sp³-hybridized carbons (Fsp3) is 0.250. The molecule has 3 aromatic rings. The summed E-state index contributed by atoms with van der Waals surface area (Å²) in [6.45, 7) is 3.88. The van der Waals surface area contributed by atoms with Crippen molar-refractivity contribution in [3.05, 3.63) is 64.7 Å². The summed E-state index contributed by atoms with van der Waals surface area (Å²) in [7, 11) is 0. The molecule has 28 heavy (non-hydrogen) atoms. The number of morpholine rings is 1. The molecule has 0 radical (unpaired) electrons. The third-order valence-corrected chi connectivity index (χ3v) is 4.92. The predicted octanol–water partition coefficient (Wildman–Crippen LogP) is 3.02. The summed E-state index contributed by atoms with van der Waals surface area (Å²) in [5.41, 5.74) is 2.34. The van der Waals surface area contributed by atoms with Crippen LogP contribution in [0.1, 0.15) is 26.7 Å². The number of hydrogen-bond acceptors (Lipinski definition) is 4. The predicted molar refractivity (Wildman–Crippen MR) is 106 cm³/mol. The first kappa shape index (κ1) is 18.5. The molecule has 1 fully saturated rings. The lowest BCUT2D eigenvalue weighted by Crippen LogP contribution is -2.40. The van der Waals surface area contributed by atoms with E-state index in [1.165, 1.54) is 0 Å². The summed E-state index contributed by atoms with van der Waals surface area (Å²) in [6.07, 6.45) is 1.72. The Morgan fingerprint density at radius 1 is 1.18 bits per heavy atom. The summed E-state index contributed by atoms with van der Waals surface area (Å²) in [4.78, 5) is 32.0. The van der Waals surface area contributed by atoms with E-state index < -0.39 is 5.91 Å². The maximum Gasteiger partial charge on any atom is 0.292 e. The van der Waals surface area contributed by atoms with Crippen molar-refractivity contribution in [3.63, 3.8) is 0 Å². The van der Waals surface area contributed by atoms with E-state index in [0.29, 0.717) is 42.5 Å². The number of anilines is 1. The van der Waals surface area contributed by atoms with Crippen LogP contribution in [0.2, 0.25) is 5.02 Å². The first-order chi connectivity index (χ1) is 13.5. The van der Waals surface area contributed by atoms with Crippen molar-refractivity contribution in [3.8, 4) is 0 Å². The lowest BCUT2D eigenvalue weighted by molar-refractivity contribution is 0.0300. The molecule has 0 spiro atoms. The standard InChI is InChI=1S/C20H19ClN4O3/c1-13-12-14(21)5-6-15(13)22-19(26)18-23-17(16-4-2-3-7-25(16)18)20(27)24-8-10-28-11-9-24/h2-7,12H,8-11H2,1H3,(H,22,26). The second-order valence-electron chi connectivity index (χ2n) is 6.56. The highest BCUT2D eigenvalue weighted by Crippen LogP contribution is 2.21. The highest BCUT2D eigenvalue weighted by atomic mass is 35.5. The second kappa shape index (κ2) is 7.61. The lowest BCUT2D eigenvalue weighted by Gasteiger charge is -2.26. The molecule has 8 heteroatoms.